The van der Waals surface area contributed by atoms with Crippen LogP contribution in [-0.4, -0.2) is 37.1 Å². The Morgan fingerprint density at radius 3 is 2.78 bits per heavy atom. The fraction of sp³-hybridized carbons (Fsp3) is 0.769. The van der Waals surface area contributed by atoms with Gasteiger partial charge in [0, 0.05) is 25.0 Å². The van der Waals surface area contributed by atoms with Gasteiger partial charge >= 0.3 is 0 Å². The minimum atomic E-state index is 0.954. The third-order valence-corrected chi connectivity index (χ3v) is 4.71. The summed E-state index contributed by atoms with van der Waals surface area (Å²) in [7, 11) is 2.15. The lowest BCUT2D eigenvalue weighted by Gasteiger charge is -2.14. The minimum absolute atomic E-state index is 0.954. The number of anilines is 1. The molecular weight excluding hydrogens is 262 g/mol. The molecule has 1 heterocycles. The van der Waals surface area contributed by atoms with Crippen LogP contribution < -0.4 is 10.2 Å². The Labute approximate surface area is 119 Å². The van der Waals surface area contributed by atoms with E-state index >= 15 is 0 Å². The van der Waals surface area contributed by atoms with Gasteiger partial charge in [-0.25, -0.2) is 4.98 Å². The van der Waals surface area contributed by atoms with Crippen LogP contribution in [0.5, 0.6) is 0 Å². The molecule has 0 fully saturated rings. The zero-order valence-electron chi connectivity index (χ0n) is 12.0. The van der Waals surface area contributed by atoms with Gasteiger partial charge in [-0.1, -0.05) is 13.8 Å². The number of nitrogens with one attached hydrogen (secondary N) is 1. The highest BCUT2D eigenvalue weighted by molar-refractivity contribution is 7.98. The topological polar surface area (TPSA) is 28.2 Å². The molecule has 0 amide bonds. The SMILES string of the molecule is CCNCc1sc(N(C)CCCSC)nc1CC. The van der Waals surface area contributed by atoms with Crippen molar-refractivity contribution in [1.82, 2.24) is 10.3 Å². The lowest BCUT2D eigenvalue weighted by atomic mass is 10.3. The summed E-state index contributed by atoms with van der Waals surface area (Å²) in [5.41, 5.74) is 1.26. The molecule has 3 nitrogen and oxygen atoms in total. The second-order valence-electron chi connectivity index (χ2n) is 4.27. The van der Waals surface area contributed by atoms with Crippen molar-refractivity contribution in [3.8, 4) is 0 Å². The second-order valence-corrected chi connectivity index (χ2v) is 6.32. The van der Waals surface area contributed by atoms with Crippen molar-refractivity contribution in [3.05, 3.63) is 10.6 Å². The van der Waals surface area contributed by atoms with Gasteiger partial charge in [0.25, 0.3) is 0 Å². The lowest BCUT2D eigenvalue weighted by molar-refractivity contribution is 0.727. The number of aryl methyl sites for hydroxylation is 1. The normalized spacial score (nSPS) is 10.9. The van der Waals surface area contributed by atoms with Gasteiger partial charge in [-0.15, -0.1) is 11.3 Å². The molecule has 0 radical (unpaired) electrons. The van der Waals surface area contributed by atoms with Crippen molar-refractivity contribution in [3.63, 3.8) is 0 Å². The van der Waals surface area contributed by atoms with E-state index in [9.17, 15) is 0 Å². The van der Waals surface area contributed by atoms with Gasteiger partial charge in [0.15, 0.2) is 5.13 Å². The van der Waals surface area contributed by atoms with Crippen LogP contribution in [0.1, 0.15) is 30.8 Å². The molecule has 0 bridgehead atoms. The van der Waals surface area contributed by atoms with E-state index in [1.54, 1.807) is 0 Å². The highest BCUT2D eigenvalue weighted by Gasteiger charge is 2.12. The monoisotopic (exact) mass is 287 g/mol. The predicted molar refractivity (Wildman–Crippen MR) is 85.1 cm³/mol. The third kappa shape index (κ3) is 4.78. The molecule has 1 N–H and O–H groups in total. The van der Waals surface area contributed by atoms with Gasteiger partial charge in [0.1, 0.15) is 0 Å². The maximum Gasteiger partial charge on any atom is 0.185 e. The zero-order valence-corrected chi connectivity index (χ0v) is 13.6. The lowest BCUT2D eigenvalue weighted by Crippen LogP contribution is -2.18. The van der Waals surface area contributed by atoms with Crippen LogP contribution in [0, 0.1) is 0 Å². The van der Waals surface area contributed by atoms with Gasteiger partial charge in [-0.2, -0.15) is 11.8 Å². The Morgan fingerprint density at radius 1 is 1.39 bits per heavy atom. The van der Waals surface area contributed by atoms with E-state index in [0.29, 0.717) is 0 Å². The number of nitrogens with zero attached hydrogens (tertiary/aromatic N) is 2. The van der Waals surface area contributed by atoms with Crippen molar-refractivity contribution < 1.29 is 0 Å². The molecule has 0 aliphatic carbocycles. The summed E-state index contributed by atoms with van der Waals surface area (Å²) in [4.78, 5) is 8.44. The quantitative estimate of drug-likeness (QED) is 0.707. The Bertz CT molecular complexity index is 339. The van der Waals surface area contributed by atoms with E-state index < -0.39 is 0 Å². The predicted octanol–water partition coefficient (Wildman–Crippen LogP) is 3.00. The van der Waals surface area contributed by atoms with Crippen molar-refractivity contribution in [2.24, 2.45) is 0 Å². The molecule has 5 heteroatoms. The van der Waals surface area contributed by atoms with Crippen LogP contribution in [0.3, 0.4) is 0 Å². The fourth-order valence-electron chi connectivity index (χ4n) is 1.73. The maximum absolute atomic E-state index is 4.76. The Hall–Kier alpha value is -0.260. The van der Waals surface area contributed by atoms with E-state index in [1.165, 1.54) is 27.9 Å². The Balaban J connectivity index is 2.61. The summed E-state index contributed by atoms with van der Waals surface area (Å²) >= 11 is 3.74. The number of hydrogen-bond donors (Lipinski definition) is 1. The van der Waals surface area contributed by atoms with Crippen molar-refractivity contribution in [2.75, 3.05) is 37.0 Å². The first-order valence-corrected chi connectivity index (χ1v) is 8.83. The molecule has 18 heavy (non-hydrogen) atoms. The van der Waals surface area contributed by atoms with Gasteiger partial charge in [0.2, 0.25) is 0 Å². The van der Waals surface area contributed by atoms with E-state index in [2.05, 4.69) is 37.4 Å². The summed E-state index contributed by atoms with van der Waals surface area (Å²) in [6.45, 7) is 7.39. The average molecular weight is 287 g/mol. The molecule has 1 rings (SSSR count). The molecule has 104 valence electrons. The number of hydrogen-bond acceptors (Lipinski definition) is 5. The molecule has 0 atom stereocenters. The molecule has 1 aromatic rings. The van der Waals surface area contributed by atoms with Crippen LogP contribution in [0.15, 0.2) is 0 Å². The summed E-state index contributed by atoms with van der Waals surface area (Å²) < 4.78 is 0. The molecule has 0 saturated heterocycles. The van der Waals surface area contributed by atoms with E-state index in [-0.39, 0.29) is 0 Å². The van der Waals surface area contributed by atoms with Gasteiger partial charge < -0.3 is 10.2 Å². The van der Waals surface area contributed by atoms with Gasteiger partial charge in [0.05, 0.1) is 5.69 Å². The summed E-state index contributed by atoms with van der Waals surface area (Å²) in [5.74, 6) is 1.22. The molecule has 0 spiro atoms. The summed E-state index contributed by atoms with van der Waals surface area (Å²) in [6, 6.07) is 0. The fourth-order valence-corrected chi connectivity index (χ4v) is 3.25. The van der Waals surface area contributed by atoms with Crippen LogP contribution in [0.4, 0.5) is 5.13 Å². The highest BCUT2D eigenvalue weighted by atomic mass is 32.2. The van der Waals surface area contributed by atoms with Crippen LogP contribution in [-0.2, 0) is 13.0 Å². The van der Waals surface area contributed by atoms with Crippen molar-refractivity contribution in [1.29, 1.82) is 0 Å². The Morgan fingerprint density at radius 2 is 2.17 bits per heavy atom. The summed E-state index contributed by atoms with van der Waals surface area (Å²) in [6.07, 6.45) is 4.41. The zero-order chi connectivity index (χ0) is 13.4. The summed E-state index contributed by atoms with van der Waals surface area (Å²) in [5, 5.41) is 4.56. The average Bonchev–Trinajstić information content (AvgIpc) is 2.79. The number of rotatable bonds is 9. The molecular formula is C13H25N3S2. The van der Waals surface area contributed by atoms with Crippen LogP contribution in [0.25, 0.3) is 0 Å². The molecule has 1 aromatic heterocycles. The first-order chi connectivity index (χ1) is 8.72. The number of aromatic nitrogens is 1. The van der Waals surface area contributed by atoms with Crippen molar-refractivity contribution >= 4 is 28.2 Å². The van der Waals surface area contributed by atoms with E-state index in [4.69, 9.17) is 4.98 Å². The van der Waals surface area contributed by atoms with E-state index in [0.717, 1.165) is 26.1 Å². The third-order valence-electron chi connectivity index (χ3n) is 2.81. The number of thioether (sulfide) groups is 1. The second kappa shape index (κ2) is 8.77. The molecule has 0 aliphatic rings. The van der Waals surface area contributed by atoms with Gasteiger partial charge in [-0.3, -0.25) is 0 Å². The highest BCUT2D eigenvalue weighted by Crippen LogP contribution is 2.26. The number of thiazole rings is 1. The van der Waals surface area contributed by atoms with Crippen LogP contribution >= 0.6 is 23.1 Å². The molecule has 0 unspecified atom stereocenters. The maximum atomic E-state index is 4.76. The molecule has 0 aliphatic heterocycles. The Kier molecular flexibility index (Phi) is 7.70. The van der Waals surface area contributed by atoms with Gasteiger partial charge in [-0.05, 0) is 31.4 Å². The smallest absolute Gasteiger partial charge is 0.185 e. The first kappa shape index (κ1) is 15.8. The largest absolute Gasteiger partial charge is 0.351 e. The molecule has 0 aromatic carbocycles. The molecule has 0 saturated carbocycles. The minimum Gasteiger partial charge on any atom is -0.351 e. The van der Waals surface area contributed by atoms with Crippen LogP contribution in [0.2, 0.25) is 0 Å². The van der Waals surface area contributed by atoms with Crippen molar-refractivity contribution in [2.45, 2.75) is 33.2 Å². The van der Waals surface area contributed by atoms with E-state index in [1.807, 2.05) is 23.1 Å². The standard InChI is InChI=1S/C13H25N3S2/c1-5-11-12(10-14-6-2)18-13(15-11)16(3)8-7-9-17-4/h14H,5-10H2,1-4H3. The first-order valence-electron chi connectivity index (χ1n) is 6.62.